The van der Waals surface area contributed by atoms with E-state index < -0.39 is 12.0 Å². The maximum atomic E-state index is 13.3. The van der Waals surface area contributed by atoms with Gasteiger partial charge in [0.1, 0.15) is 12.6 Å². The normalized spacial score (nSPS) is 14.2. The molecule has 0 amide bonds. The highest BCUT2D eigenvalue weighted by Gasteiger charge is 2.36. The van der Waals surface area contributed by atoms with Crippen molar-refractivity contribution in [1.82, 2.24) is 14.8 Å². The topological polar surface area (TPSA) is 87.5 Å². The number of rotatable bonds is 11. The van der Waals surface area contributed by atoms with Crippen LogP contribution in [0.5, 0.6) is 11.5 Å². The molecule has 4 aromatic rings. The van der Waals surface area contributed by atoms with E-state index in [0.717, 1.165) is 5.56 Å². The highest BCUT2D eigenvalue weighted by Crippen LogP contribution is 2.44. The molecule has 44 heavy (non-hydrogen) atoms. The lowest BCUT2D eigenvalue weighted by atomic mass is 9.95. The third kappa shape index (κ3) is 7.00. The van der Waals surface area contributed by atoms with E-state index in [1.807, 2.05) is 50.2 Å². The molecule has 8 nitrogen and oxygen atoms in total. The van der Waals surface area contributed by atoms with Crippen molar-refractivity contribution in [3.8, 4) is 11.5 Å². The molecule has 1 N–H and O–H groups in total. The van der Waals surface area contributed by atoms with Crippen molar-refractivity contribution < 1.29 is 19.0 Å². The minimum Gasteiger partial charge on any atom is -0.490 e. The zero-order valence-electron chi connectivity index (χ0n) is 24.0. The van der Waals surface area contributed by atoms with Crippen molar-refractivity contribution in [2.24, 2.45) is 0 Å². The maximum Gasteiger partial charge on any atom is 0.338 e. The third-order valence-electron chi connectivity index (χ3n) is 6.71. The highest BCUT2D eigenvalue weighted by atomic mass is 79.9. The minimum atomic E-state index is -0.671. The van der Waals surface area contributed by atoms with E-state index in [9.17, 15) is 4.79 Å². The fraction of sp³-hybridized carbons (Fsp3) is 0.258. The minimum absolute atomic E-state index is 0.121. The first-order valence-electron chi connectivity index (χ1n) is 13.7. The number of carbonyl (C=O) groups is 1. The number of hydrogen-bond acceptors (Lipinski definition) is 8. The Hall–Kier alpha value is -2.89. The molecule has 0 spiro atoms. The molecule has 3 aromatic carbocycles. The summed E-state index contributed by atoms with van der Waals surface area (Å²) >= 11 is 24.2. The molecule has 5 rings (SSSR count). The van der Waals surface area contributed by atoms with Crippen molar-refractivity contribution in [3.05, 3.63) is 102 Å². The number of nitrogens with zero attached hydrogens (tertiary/aromatic N) is 3. The number of aromatic nitrogens is 3. The van der Waals surface area contributed by atoms with Crippen LogP contribution in [0.15, 0.2) is 75.5 Å². The fourth-order valence-electron chi connectivity index (χ4n) is 4.70. The Kier molecular flexibility index (Phi) is 10.7. The number of fused-ring (bicyclic) bond motifs is 1. The first kappa shape index (κ1) is 32.5. The SMILES string of the molecule is CCOC(=O)C1=C(C)Nc2nc(SCc3ccccc3Cl)nn2C1c1cc(Br)c(OCc2c(Cl)cccc2Cl)c(OCC)c1. The predicted molar refractivity (Wildman–Crippen MR) is 178 cm³/mol. The summed E-state index contributed by atoms with van der Waals surface area (Å²) in [4.78, 5) is 18.1. The number of halogens is 4. The van der Waals surface area contributed by atoms with Gasteiger partial charge in [-0.05, 0) is 78.2 Å². The first-order valence-corrected chi connectivity index (χ1v) is 16.6. The molecular weight excluding hydrogens is 711 g/mol. The molecule has 0 fully saturated rings. The van der Waals surface area contributed by atoms with Crippen LogP contribution in [0, 0.1) is 0 Å². The van der Waals surface area contributed by atoms with Gasteiger partial charge in [-0.2, -0.15) is 4.98 Å². The van der Waals surface area contributed by atoms with Gasteiger partial charge in [0.2, 0.25) is 11.1 Å². The third-order valence-corrected chi connectivity index (χ3v) is 9.27. The van der Waals surface area contributed by atoms with Gasteiger partial charge in [0.25, 0.3) is 0 Å². The summed E-state index contributed by atoms with van der Waals surface area (Å²) in [5, 5.41) is 10.2. The lowest BCUT2D eigenvalue weighted by Gasteiger charge is -2.29. The lowest BCUT2D eigenvalue weighted by Crippen LogP contribution is -2.29. The van der Waals surface area contributed by atoms with Crippen LogP contribution in [-0.4, -0.2) is 33.9 Å². The Morgan fingerprint density at radius 1 is 1.02 bits per heavy atom. The van der Waals surface area contributed by atoms with Crippen LogP contribution >= 0.6 is 62.5 Å². The van der Waals surface area contributed by atoms with E-state index >= 15 is 0 Å². The van der Waals surface area contributed by atoms with E-state index in [1.54, 1.807) is 29.8 Å². The molecule has 1 aliphatic rings. The Morgan fingerprint density at radius 3 is 2.45 bits per heavy atom. The summed E-state index contributed by atoms with van der Waals surface area (Å²) in [6.07, 6.45) is 0. The number of carbonyl (C=O) groups excluding carboxylic acids is 1. The molecule has 0 aliphatic carbocycles. The highest BCUT2D eigenvalue weighted by molar-refractivity contribution is 9.10. The summed E-state index contributed by atoms with van der Waals surface area (Å²) in [5.41, 5.74) is 3.35. The zero-order chi connectivity index (χ0) is 31.4. The molecule has 0 bridgehead atoms. The van der Waals surface area contributed by atoms with E-state index in [4.69, 9.17) is 59.1 Å². The standard InChI is InChI=1S/C31H28BrCl3N4O4S/c1-4-41-25-14-19(13-21(32)28(25)43-15-20-23(34)11-8-12-24(20)35)27-26(29(40)42-5-2)17(3)36-30-37-31(38-39(27)30)44-16-18-9-6-7-10-22(18)33/h6-14,27H,4-5,15-16H2,1-3H3,(H,36,37,38). The lowest BCUT2D eigenvalue weighted by molar-refractivity contribution is -0.139. The van der Waals surface area contributed by atoms with E-state index in [0.29, 0.717) is 76.9 Å². The zero-order valence-corrected chi connectivity index (χ0v) is 28.7. The van der Waals surface area contributed by atoms with Crippen LogP contribution in [0.4, 0.5) is 5.95 Å². The average molecular weight is 739 g/mol. The molecule has 1 unspecified atom stereocenters. The van der Waals surface area contributed by atoms with E-state index in [1.165, 1.54) is 11.8 Å². The van der Waals surface area contributed by atoms with Crippen LogP contribution in [-0.2, 0) is 21.9 Å². The monoisotopic (exact) mass is 736 g/mol. The number of thioether (sulfide) groups is 1. The van der Waals surface area contributed by atoms with Crippen molar-refractivity contribution in [2.75, 3.05) is 18.5 Å². The van der Waals surface area contributed by atoms with Gasteiger partial charge in [-0.3, -0.25) is 0 Å². The molecule has 0 saturated heterocycles. The number of esters is 1. The molecule has 0 radical (unpaired) electrons. The van der Waals surface area contributed by atoms with Gasteiger partial charge in [-0.1, -0.05) is 70.8 Å². The smallest absolute Gasteiger partial charge is 0.338 e. The molecule has 0 saturated carbocycles. The molecule has 230 valence electrons. The quantitative estimate of drug-likeness (QED) is 0.121. The van der Waals surface area contributed by atoms with E-state index in [-0.39, 0.29) is 13.2 Å². The average Bonchev–Trinajstić information content (AvgIpc) is 3.39. The number of nitrogens with one attached hydrogen (secondary N) is 1. The van der Waals surface area contributed by atoms with Gasteiger partial charge in [0, 0.05) is 32.1 Å². The number of allylic oxidation sites excluding steroid dienone is 1. The van der Waals surface area contributed by atoms with Crippen molar-refractivity contribution in [2.45, 2.75) is 44.3 Å². The second-order valence-corrected chi connectivity index (χ2v) is 12.6. The van der Waals surface area contributed by atoms with Crippen LogP contribution in [0.3, 0.4) is 0 Å². The molecule has 13 heteroatoms. The summed E-state index contributed by atoms with van der Waals surface area (Å²) in [7, 11) is 0. The van der Waals surface area contributed by atoms with Gasteiger partial charge in [0.05, 0.1) is 23.3 Å². The van der Waals surface area contributed by atoms with Crippen molar-refractivity contribution in [1.29, 1.82) is 0 Å². The molecule has 1 aromatic heterocycles. The number of anilines is 1. The van der Waals surface area contributed by atoms with Crippen LogP contribution < -0.4 is 14.8 Å². The van der Waals surface area contributed by atoms with Gasteiger partial charge in [-0.25, -0.2) is 9.48 Å². The predicted octanol–water partition coefficient (Wildman–Crippen LogP) is 9.12. The Morgan fingerprint density at radius 2 is 1.75 bits per heavy atom. The summed E-state index contributed by atoms with van der Waals surface area (Å²) < 4.78 is 20.0. The van der Waals surface area contributed by atoms with Crippen molar-refractivity contribution in [3.63, 3.8) is 0 Å². The number of ether oxygens (including phenoxy) is 3. The summed E-state index contributed by atoms with van der Waals surface area (Å²) in [5.74, 6) is 1.54. The van der Waals surface area contributed by atoms with Gasteiger partial charge >= 0.3 is 5.97 Å². The van der Waals surface area contributed by atoms with Gasteiger partial charge < -0.3 is 19.5 Å². The van der Waals surface area contributed by atoms with E-state index in [2.05, 4.69) is 21.2 Å². The van der Waals surface area contributed by atoms with Crippen LogP contribution in [0.1, 0.15) is 43.5 Å². The Labute approximate surface area is 283 Å². The molecule has 1 aliphatic heterocycles. The number of benzene rings is 3. The van der Waals surface area contributed by atoms with Gasteiger partial charge in [-0.15, -0.1) is 5.10 Å². The maximum absolute atomic E-state index is 13.3. The molecular formula is C31H28BrCl3N4O4S. The Bertz CT molecular complexity index is 1710. The second kappa shape index (κ2) is 14.5. The van der Waals surface area contributed by atoms with Crippen molar-refractivity contribution >= 4 is 74.4 Å². The largest absolute Gasteiger partial charge is 0.490 e. The molecule has 2 heterocycles. The summed E-state index contributed by atoms with van der Waals surface area (Å²) in [6.45, 7) is 6.18. The van der Waals surface area contributed by atoms with Crippen LogP contribution in [0.2, 0.25) is 15.1 Å². The first-order chi connectivity index (χ1) is 21.2. The molecule has 1 atom stereocenters. The van der Waals surface area contributed by atoms with Gasteiger partial charge in [0.15, 0.2) is 11.5 Å². The number of hydrogen-bond donors (Lipinski definition) is 1. The second-order valence-electron chi connectivity index (χ2n) is 9.58. The summed E-state index contributed by atoms with van der Waals surface area (Å²) in [6, 6.07) is 16.0. The Balaban J connectivity index is 1.54. The fourth-order valence-corrected chi connectivity index (χ4v) is 6.89. The van der Waals surface area contributed by atoms with Crippen LogP contribution in [0.25, 0.3) is 0 Å².